The highest BCUT2D eigenvalue weighted by Gasteiger charge is 2.36. The van der Waals surface area contributed by atoms with Crippen molar-refractivity contribution in [1.29, 1.82) is 0 Å². The van der Waals surface area contributed by atoms with Crippen molar-refractivity contribution in [1.82, 2.24) is 15.5 Å². The topological polar surface area (TPSA) is 47.0 Å². The minimum Gasteiger partial charge on any atom is -0.469 e. The third kappa shape index (κ3) is 3.81. The van der Waals surface area contributed by atoms with Gasteiger partial charge in [0.2, 0.25) is 5.01 Å². The average Bonchev–Trinajstić information content (AvgIpc) is 2.79. The van der Waals surface area contributed by atoms with Crippen LogP contribution in [-0.4, -0.2) is 29.4 Å². The Morgan fingerprint density at radius 1 is 1.33 bits per heavy atom. The quantitative estimate of drug-likeness (QED) is 0.921. The first-order valence-electron chi connectivity index (χ1n) is 5.82. The summed E-state index contributed by atoms with van der Waals surface area (Å²) in [7, 11) is 0. The molecule has 1 aliphatic heterocycles. The maximum atomic E-state index is 12.3. The van der Waals surface area contributed by atoms with Gasteiger partial charge in [0.05, 0.1) is 6.61 Å². The number of ether oxygens (including phenoxy) is 1. The largest absolute Gasteiger partial charge is 0.469 e. The number of nitrogens with zero attached hydrogens (tertiary/aromatic N) is 2. The molecule has 0 spiro atoms. The highest BCUT2D eigenvalue weighted by atomic mass is 32.1. The first kappa shape index (κ1) is 13.5. The molecule has 0 radical (unpaired) electrons. The van der Waals surface area contributed by atoms with Crippen LogP contribution in [0, 0.1) is 0 Å². The van der Waals surface area contributed by atoms with Gasteiger partial charge < -0.3 is 10.1 Å². The fourth-order valence-corrected chi connectivity index (χ4v) is 2.43. The number of nitrogens with one attached hydrogen (secondary N) is 1. The van der Waals surface area contributed by atoms with Gasteiger partial charge >= 0.3 is 6.18 Å². The highest BCUT2D eigenvalue weighted by Crippen LogP contribution is 2.33. The summed E-state index contributed by atoms with van der Waals surface area (Å²) in [5.41, 5.74) is 0. The third-order valence-corrected chi connectivity index (χ3v) is 3.63. The van der Waals surface area contributed by atoms with Gasteiger partial charge in [0.25, 0.3) is 5.19 Å². The number of halogens is 3. The van der Waals surface area contributed by atoms with Crippen LogP contribution >= 0.6 is 11.3 Å². The molecule has 102 valence electrons. The minimum atomic E-state index is -4.44. The summed E-state index contributed by atoms with van der Waals surface area (Å²) < 4.78 is 42.0. The van der Waals surface area contributed by atoms with Gasteiger partial charge in [-0.3, -0.25) is 0 Å². The zero-order valence-electron chi connectivity index (χ0n) is 9.66. The second-order valence-corrected chi connectivity index (χ2v) is 5.09. The molecule has 4 nitrogen and oxygen atoms in total. The zero-order valence-corrected chi connectivity index (χ0v) is 10.5. The van der Waals surface area contributed by atoms with Gasteiger partial charge in [-0.05, 0) is 25.8 Å². The van der Waals surface area contributed by atoms with Crippen LogP contribution in [0.25, 0.3) is 0 Å². The van der Waals surface area contributed by atoms with Crippen molar-refractivity contribution in [3.05, 3.63) is 5.01 Å². The molecule has 1 atom stereocenters. The maximum absolute atomic E-state index is 12.3. The van der Waals surface area contributed by atoms with Crippen molar-refractivity contribution in [2.24, 2.45) is 0 Å². The van der Waals surface area contributed by atoms with Gasteiger partial charge in [-0.2, -0.15) is 13.2 Å². The summed E-state index contributed by atoms with van der Waals surface area (Å²) in [6.45, 7) is 1.37. The molecule has 0 amide bonds. The van der Waals surface area contributed by atoms with E-state index in [0.29, 0.717) is 24.0 Å². The van der Waals surface area contributed by atoms with Crippen LogP contribution in [0.4, 0.5) is 13.2 Å². The Morgan fingerprint density at radius 2 is 2.17 bits per heavy atom. The Kier molecular flexibility index (Phi) is 4.39. The van der Waals surface area contributed by atoms with Crippen LogP contribution in [0.15, 0.2) is 0 Å². The van der Waals surface area contributed by atoms with Gasteiger partial charge in [0, 0.05) is 6.04 Å². The lowest BCUT2D eigenvalue weighted by Crippen LogP contribution is -2.35. The average molecular weight is 281 g/mol. The number of alkyl halides is 3. The minimum absolute atomic E-state index is 0.0156. The molecule has 0 aromatic carbocycles. The first-order valence-corrected chi connectivity index (χ1v) is 6.64. The van der Waals surface area contributed by atoms with E-state index in [2.05, 4.69) is 15.5 Å². The standard InChI is InChI=1S/C10H14F3N3OS/c11-10(12,13)8-15-16-9(18-8)17-6-4-7-3-1-2-5-14-7/h7,14H,1-6H2. The molecule has 1 aliphatic rings. The van der Waals surface area contributed by atoms with Crippen molar-refractivity contribution < 1.29 is 17.9 Å². The molecule has 1 N–H and O–H groups in total. The SMILES string of the molecule is FC(F)(F)c1nnc(OCCC2CCCCN2)s1. The summed E-state index contributed by atoms with van der Waals surface area (Å²) in [6.07, 6.45) is -0.199. The number of aromatic nitrogens is 2. The van der Waals surface area contributed by atoms with Gasteiger partial charge in [0.15, 0.2) is 0 Å². The van der Waals surface area contributed by atoms with Crippen molar-refractivity contribution in [3.63, 3.8) is 0 Å². The molecule has 0 bridgehead atoms. The second-order valence-electron chi connectivity index (χ2n) is 4.15. The van der Waals surface area contributed by atoms with E-state index in [4.69, 9.17) is 4.74 Å². The molecular weight excluding hydrogens is 267 g/mol. The van der Waals surface area contributed by atoms with Gasteiger partial charge in [-0.15, -0.1) is 5.10 Å². The van der Waals surface area contributed by atoms with Gasteiger partial charge in [-0.25, -0.2) is 0 Å². The summed E-state index contributed by atoms with van der Waals surface area (Å²) in [6, 6.07) is 0.397. The van der Waals surface area contributed by atoms with Crippen LogP contribution < -0.4 is 10.1 Å². The number of rotatable bonds is 4. The molecule has 1 saturated heterocycles. The predicted octanol–water partition coefficient (Wildman–Crippen LogP) is 2.47. The number of hydrogen-bond acceptors (Lipinski definition) is 5. The zero-order chi connectivity index (χ0) is 13.0. The lowest BCUT2D eigenvalue weighted by molar-refractivity contribution is -0.138. The van der Waals surface area contributed by atoms with E-state index in [1.807, 2.05) is 0 Å². The van der Waals surface area contributed by atoms with E-state index in [0.717, 1.165) is 19.4 Å². The van der Waals surface area contributed by atoms with E-state index in [9.17, 15) is 13.2 Å². The van der Waals surface area contributed by atoms with Crippen LogP contribution in [-0.2, 0) is 6.18 Å². The number of piperidine rings is 1. The molecule has 18 heavy (non-hydrogen) atoms. The molecule has 2 heterocycles. The molecule has 8 heteroatoms. The fraction of sp³-hybridized carbons (Fsp3) is 0.800. The molecule has 1 aromatic heterocycles. The lowest BCUT2D eigenvalue weighted by Gasteiger charge is -2.22. The van der Waals surface area contributed by atoms with Gasteiger partial charge in [-0.1, -0.05) is 22.9 Å². The normalized spacial score (nSPS) is 20.9. The van der Waals surface area contributed by atoms with Crippen LogP contribution in [0.1, 0.15) is 30.7 Å². The smallest absolute Gasteiger partial charge is 0.445 e. The van der Waals surface area contributed by atoms with Crippen molar-refractivity contribution in [2.75, 3.05) is 13.2 Å². The summed E-state index contributed by atoms with van der Waals surface area (Å²) in [4.78, 5) is 0. The summed E-state index contributed by atoms with van der Waals surface area (Å²) >= 11 is 0.437. The maximum Gasteiger partial charge on any atom is 0.445 e. The van der Waals surface area contributed by atoms with E-state index >= 15 is 0 Å². The molecule has 0 saturated carbocycles. The van der Waals surface area contributed by atoms with Gasteiger partial charge in [0.1, 0.15) is 0 Å². The Hall–Kier alpha value is -0.890. The lowest BCUT2D eigenvalue weighted by atomic mass is 10.0. The molecule has 0 aliphatic carbocycles. The van der Waals surface area contributed by atoms with E-state index in [1.54, 1.807) is 0 Å². The van der Waals surface area contributed by atoms with E-state index < -0.39 is 11.2 Å². The number of hydrogen-bond donors (Lipinski definition) is 1. The predicted molar refractivity (Wildman–Crippen MR) is 60.7 cm³/mol. The summed E-state index contributed by atoms with van der Waals surface area (Å²) in [5, 5.41) is 8.79. The third-order valence-electron chi connectivity index (χ3n) is 2.75. The Balaban J connectivity index is 1.74. The monoisotopic (exact) mass is 281 g/mol. The van der Waals surface area contributed by atoms with Crippen LogP contribution in [0.2, 0.25) is 0 Å². The first-order chi connectivity index (χ1) is 8.55. The summed E-state index contributed by atoms with van der Waals surface area (Å²) in [5.74, 6) is 0. The van der Waals surface area contributed by atoms with Crippen molar-refractivity contribution >= 4 is 11.3 Å². The van der Waals surface area contributed by atoms with Crippen molar-refractivity contribution in [3.8, 4) is 5.19 Å². The Morgan fingerprint density at radius 3 is 2.78 bits per heavy atom. The van der Waals surface area contributed by atoms with Crippen LogP contribution in [0.5, 0.6) is 5.19 Å². The Bertz CT molecular complexity index is 377. The molecular formula is C10H14F3N3OS. The van der Waals surface area contributed by atoms with E-state index in [1.165, 1.54) is 12.8 Å². The molecule has 2 rings (SSSR count). The fourth-order valence-electron chi connectivity index (χ4n) is 1.84. The van der Waals surface area contributed by atoms with Crippen LogP contribution in [0.3, 0.4) is 0 Å². The molecule has 1 fully saturated rings. The molecule has 1 unspecified atom stereocenters. The second kappa shape index (κ2) is 5.83. The van der Waals surface area contributed by atoms with Crippen molar-refractivity contribution in [2.45, 2.75) is 37.9 Å². The highest BCUT2D eigenvalue weighted by molar-refractivity contribution is 7.13. The Labute approximate surface area is 107 Å². The molecule has 1 aromatic rings. The van der Waals surface area contributed by atoms with E-state index in [-0.39, 0.29) is 5.19 Å².